The zero-order chi connectivity index (χ0) is 27.9. The molecule has 0 aliphatic carbocycles. The number of rotatable bonds is 9. The van der Waals surface area contributed by atoms with E-state index in [-0.39, 0.29) is 41.3 Å². The van der Waals surface area contributed by atoms with Crippen LogP contribution in [0.25, 0.3) is 11.0 Å². The van der Waals surface area contributed by atoms with Crippen LogP contribution in [0.1, 0.15) is 56.4 Å². The fraction of sp³-hybridized carbons (Fsp3) is 0.483. The third kappa shape index (κ3) is 5.18. The number of phenolic OH excluding ortho intramolecular Hbond substituents is 1. The lowest BCUT2D eigenvalue weighted by Gasteiger charge is -2.39. The predicted molar refractivity (Wildman–Crippen MR) is 143 cm³/mol. The van der Waals surface area contributed by atoms with Crippen LogP contribution in [0.15, 0.2) is 39.7 Å². The van der Waals surface area contributed by atoms with E-state index in [1.54, 1.807) is 39.1 Å². The van der Waals surface area contributed by atoms with E-state index in [1.807, 2.05) is 6.07 Å². The van der Waals surface area contributed by atoms with Crippen molar-refractivity contribution < 1.29 is 33.6 Å². The first-order valence-corrected chi connectivity index (χ1v) is 13.2. The van der Waals surface area contributed by atoms with Gasteiger partial charge >= 0.3 is 5.97 Å². The van der Waals surface area contributed by atoms with Crippen LogP contribution in [-0.4, -0.2) is 51.2 Å². The number of aromatic nitrogens is 1. The summed E-state index contributed by atoms with van der Waals surface area (Å²) in [6.45, 7) is 5.29. The summed E-state index contributed by atoms with van der Waals surface area (Å²) < 4.78 is 23.9. The van der Waals surface area contributed by atoms with Crippen molar-refractivity contribution in [3.8, 4) is 11.5 Å². The molecule has 0 bridgehead atoms. The molecule has 2 aliphatic heterocycles. The number of unbranched alkanes of at least 4 members (excludes halogenated alkanes) is 1. The van der Waals surface area contributed by atoms with Gasteiger partial charge in [-0.3, -0.25) is 4.79 Å². The standard InChI is InChI=1S/C29H34N2O8/c1-16-12-19(33)25-21(36-16)15-20-18(26(25)34)14-23(28(2,3)38-20)37-27(35)29(9-4-5-11-32)22(39-29)7-6-17-8-10-31-24(30)13-17/h8,10,12-13,15,22-23,32,34H,4-7,9,11,14H2,1-3H3,(H2,30,31). The number of esters is 1. The zero-order valence-electron chi connectivity index (χ0n) is 22.4. The SMILES string of the molecule is Cc1cc(=O)c2c(O)c3c(cc2o1)OC(C)(C)C(OC(=O)C1(CCCCO)OC1CCc1ccnc(N)c1)C3. The Balaban J connectivity index is 1.36. The van der Waals surface area contributed by atoms with E-state index in [0.29, 0.717) is 55.0 Å². The number of aryl methyl sites for hydroxylation is 2. The second-order valence-electron chi connectivity index (χ2n) is 10.9. The Labute approximate surface area is 225 Å². The topological polar surface area (TPSA) is 158 Å². The van der Waals surface area contributed by atoms with Gasteiger partial charge < -0.3 is 34.6 Å². The fourth-order valence-electron chi connectivity index (χ4n) is 5.38. The van der Waals surface area contributed by atoms with Gasteiger partial charge in [0.25, 0.3) is 0 Å². The molecule has 1 fully saturated rings. The first kappa shape index (κ1) is 27.0. The number of phenols is 1. The summed E-state index contributed by atoms with van der Waals surface area (Å²) in [5.41, 5.74) is 4.99. The van der Waals surface area contributed by atoms with Crippen LogP contribution < -0.4 is 15.9 Å². The highest BCUT2D eigenvalue weighted by molar-refractivity contribution is 5.87. The molecule has 1 saturated heterocycles. The van der Waals surface area contributed by atoms with Crippen LogP contribution in [0.5, 0.6) is 11.5 Å². The molecule has 0 radical (unpaired) electrons. The van der Waals surface area contributed by atoms with Gasteiger partial charge in [0.05, 0.1) is 6.10 Å². The van der Waals surface area contributed by atoms with Crippen LogP contribution in [0, 0.1) is 6.92 Å². The van der Waals surface area contributed by atoms with Crippen LogP contribution >= 0.6 is 0 Å². The molecular weight excluding hydrogens is 504 g/mol. The van der Waals surface area contributed by atoms with Gasteiger partial charge in [-0.2, -0.15) is 0 Å². The Morgan fingerprint density at radius 2 is 2.05 bits per heavy atom. The fourth-order valence-corrected chi connectivity index (χ4v) is 5.38. The molecule has 2 aromatic heterocycles. The lowest BCUT2D eigenvalue weighted by molar-refractivity contribution is -0.168. The van der Waals surface area contributed by atoms with Crippen molar-refractivity contribution >= 4 is 22.8 Å². The van der Waals surface area contributed by atoms with E-state index in [0.717, 1.165) is 5.56 Å². The molecule has 3 atom stereocenters. The second kappa shape index (κ2) is 10.2. The number of aromatic hydroxyl groups is 1. The Bertz CT molecular complexity index is 1470. The predicted octanol–water partition coefficient (Wildman–Crippen LogP) is 3.34. The van der Waals surface area contributed by atoms with E-state index >= 15 is 0 Å². The van der Waals surface area contributed by atoms with E-state index < -0.39 is 23.3 Å². The largest absolute Gasteiger partial charge is 0.507 e. The molecule has 2 aliphatic rings. The number of ether oxygens (including phenoxy) is 3. The first-order chi connectivity index (χ1) is 18.5. The Morgan fingerprint density at radius 1 is 1.26 bits per heavy atom. The zero-order valence-corrected chi connectivity index (χ0v) is 22.4. The number of carbonyl (C=O) groups excluding carboxylic acids is 1. The molecule has 4 N–H and O–H groups in total. The van der Waals surface area contributed by atoms with Gasteiger partial charge in [-0.1, -0.05) is 0 Å². The molecule has 3 unspecified atom stereocenters. The highest BCUT2D eigenvalue weighted by atomic mass is 16.7. The molecular formula is C29H34N2O8. The lowest BCUT2D eigenvalue weighted by Crippen LogP contribution is -2.50. The van der Waals surface area contributed by atoms with Crippen molar-refractivity contribution in [3.63, 3.8) is 0 Å². The van der Waals surface area contributed by atoms with E-state index in [4.69, 9.17) is 24.4 Å². The highest BCUT2D eigenvalue weighted by Crippen LogP contribution is 2.47. The Morgan fingerprint density at radius 3 is 2.79 bits per heavy atom. The molecule has 10 nitrogen and oxygen atoms in total. The van der Waals surface area contributed by atoms with Crippen molar-refractivity contribution in [1.29, 1.82) is 0 Å². The number of aliphatic hydroxyl groups excluding tert-OH is 1. The summed E-state index contributed by atoms with van der Waals surface area (Å²) in [7, 11) is 0. The van der Waals surface area contributed by atoms with Gasteiger partial charge in [0, 0.05) is 36.9 Å². The van der Waals surface area contributed by atoms with Crippen LogP contribution in [-0.2, 0) is 27.1 Å². The first-order valence-electron chi connectivity index (χ1n) is 13.2. The number of nitrogens with zero attached hydrogens (tertiary/aromatic N) is 1. The highest BCUT2D eigenvalue weighted by Gasteiger charge is 2.63. The van der Waals surface area contributed by atoms with Gasteiger partial charge in [-0.15, -0.1) is 0 Å². The minimum atomic E-state index is -1.12. The van der Waals surface area contributed by atoms with Gasteiger partial charge in [-0.05, 0) is 70.6 Å². The number of hydrogen-bond donors (Lipinski definition) is 3. The van der Waals surface area contributed by atoms with Crippen molar-refractivity contribution in [2.45, 2.75) is 82.7 Å². The summed E-state index contributed by atoms with van der Waals surface area (Å²) in [5, 5.41) is 20.3. The summed E-state index contributed by atoms with van der Waals surface area (Å²) in [4.78, 5) is 30.2. The molecule has 10 heteroatoms. The second-order valence-corrected chi connectivity index (χ2v) is 10.9. The average Bonchev–Trinajstić information content (AvgIpc) is 3.57. The molecule has 1 aromatic carbocycles. The molecule has 0 saturated carbocycles. The number of aliphatic hydroxyl groups is 1. The maximum Gasteiger partial charge on any atom is 0.341 e. The van der Waals surface area contributed by atoms with Gasteiger partial charge in [0.1, 0.15) is 45.8 Å². The van der Waals surface area contributed by atoms with Crippen molar-refractivity contribution in [2.24, 2.45) is 0 Å². The summed E-state index contributed by atoms with van der Waals surface area (Å²) in [6, 6.07) is 6.59. The third-order valence-electron chi connectivity index (χ3n) is 7.63. The maximum atomic E-state index is 13.6. The maximum absolute atomic E-state index is 13.6. The number of nitrogens with two attached hydrogens (primary N) is 1. The number of hydrogen-bond acceptors (Lipinski definition) is 10. The number of fused-ring (bicyclic) bond motifs is 2. The van der Waals surface area contributed by atoms with E-state index in [2.05, 4.69) is 4.98 Å². The normalized spacial score (nSPS) is 23.2. The Kier molecular flexibility index (Phi) is 7.02. The average molecular weight is 539 g/mol. The molecule has 3 aromatic rings. The summed E-state index contributed by atoms with van der Waals surface area (Å²) in [6.07, 6.45) is 3.50. The molecule has 0 amide bonds. The quantitative estimate of drug-likeness (QED) is 0.210. The van der Waals surface area contributed by atoms with Crippen LogP contribution in [0.3, 0.4) is 0 Å². The number of carbonyl (C=O) groups is 1. The van der Waals surface area contributed by atoms with Crippen molar-refractivity contribution in [2.75, 3.05) is 12.3 Å². The number of pyridine rings is 1. The summed E-state index contributed by atoms with van der Waals surface area (Å²) in [5.74, 6) is 0.497. The van der Waals surface area contributed by atoms with Gasteiger partial charge in [0.15, 0.2) is 11.0 Å². The third-order valence-corrected chi connectivity index (χ3v) is 7.63. The summed E-state index contributed by atoms with van der Waals surface area (Å²) >= 11 is 0. The Hall–Kier alpha value is -3.63. The van der Waals surface area contributed by atoms with Crippen molar-refractivity contribution in [3.05, 3.63) is 57.6 Å². The van der Waals surface area contributed by atoms with Crippen LogP contribution in [0.2, 0.25) is 0 Å². The minimum absolute atomic E-state index is 0.0209. The lowest BCUT2D eigenvalue weighted by atomic mass is 9.89. The number of epoxide rings is 1. The molecule has 39 heavy (non-hydrogen) atoms. The van der Waals surface area contributed by atoms with E-state index in [9.17, 15) is 19.8 Å². The number of anilines is 1. The molecule has 5 rings (SSSR count). The molecule has 0 spiro atoms. The van der Waals surface area contributed by atoms with Crippen molar-refractivity contribution in [1.82, 2.24) is 4.98 Å². The number of nitrogen functional groups attached to an aromatic ring is 1. The smallest absolute Gasteiger partial charge is 0.341 e. The molecule has 208 valence electrons. The molecule has 4 heterocycles. The van der Waals surface area contributed by atoms with E-state index in [1.165, 1.54) is 6.07 Å². The van der Waals surface area contributed by atoms with Crippen LogP contribution in [0.4, 0.5) is 5.82 Å². The van der Waals surface area contributed by atoms with Gasteiger partial charge in [0.2, 0.25) is 0 Å². The minimum Gasteiger partial charge on any atom is -0.507 e. The monoisotopic (exact) mass is 538 g/mol. The number of benzene rings is 1. The van der Waals surface area contributed by atoms with Gasteiger partial charge in [-0.25, -0.2) is 9.78 Å².